The van der Waals surface area contributed by atoms with Crippen LogP contribution in [0.15, 0.2) is 47.1 Å². The molecule has 3 aromatic rings. The van der Waals surface area contributed by atoms with E-state index in [-0.39, 0.29) is 6.04 Å². The quantitative estimate of drug-likeness (QED) is 0.770. The molecule has 0 aliphatic rings. The normalized spacial score (nSPS) is 12.7. The van der Waals surface area contributed by atoms with E-state index in [9.17, 15) is 0 Å². The van der Waals surface area contributed by atoms with Crippen molar-refractivity contribution in [1.82, 2.24) is 20.3 Å². The molecule has 0 aliphatic carbocycles. The van der Waals surface area contributed by atoms with Crippen LogP contribution in [-0.4, -0.2) is 21.5 Å². The summed E-state index contributed by atoms with van der Waals surface area (Å²) in [6, 6.07) is 9.59. The van der Waals surface area contributed by atoms with E-state index in [0.29, 0.717) is 12.3 Å². The molecule has 102 valence electrons. The number of aromatic nitrogens is 3. The van der Waals surface area contributed by atoms with Crippen LogP contribution in [0.3, 0.4) is 0 Å². The van der Waals surface area contributed by atoms with Crippen molar-refractivity contribution in [3.63, 3.8) is 0 Å². The summed E-state index contributed by atoms with van der Waals surface area (Å²) in [5.74, 6) is 1.46. The van der Waals surface area contributed by atoms with Crippen molar-refractivity contribution >= 4 is 11.1 Å². The Hall–Kier alpha value is -2.27. The Morgan fingerprint density at radius 1 is 1.15 bits per heavy atom. The van der Waals surface area contributed by atoms with Crippen LogP contribution in [0.1, 0.15) is 24.7 Å². The Bertz CT molecular complexity index is 647. The predicted octanol–water partition coefficient (Wildman–Crippen LogP) is 2.51. The highest BCUT2D eigenvalue weighted by atomic mass is 16.3. The Morgan fingerprint density at radius 3 is 2.70 bits per heavy atom. The van der Waals surface area contributed by atoms with Crippen LogP contribution in [-0.2, 0) is 6.42 Å². The maximum Gasteiger partial charge on any atom is 0.197 e. The van der Waals surface area contributed by atoms with Crippen LogP contribution in [0.2, 0.25) is 0 Å². The number of hydrogen-bond acceptors (Lipinski definition) is 5. The van der Waals surface area contributed by atoms with Crippen molar-refractivity contribution in [2.45, 2.75) is 19.4 Å². The fraction of sp³-hybridized carbons (Fsp3) is 0.267. The zero-order chi connectivity index (χ0) is 13.8. The van der Waals surface area contributed by atoms with Crippen molar-refractivity contribution in [3.8, 4) is 0 Å². The number of likely N-dealkylation sites (N-methyl/N-ethyl adjacent to an activating group) is 1. The molecule has 1 N–H and O–H groups in total. The van der Waals surface area contributed by atoms with Gasteiger partial charge in [0, 0.05) is 18.8 Å². The van der Waals surface area contributed by atoms with E-state index in [2.05, 4.69) is 27.2 Å². The molecular weight excluding hydrogens is 252 g/mol. The average Bonchev–Trinajstić information content (AvgIpc) is 2.90. The van der Waals surface area contributed by atoms with Gasteiger partial charge in [-0.15, -0.1) is 0 Å². The van der Waals surface area contributed by atoms with Gasteiger partial charge in [-0.25, -0.2) is 15.0 Å². The number of para-hydroxylation sites is 2. The van der Waals surface area contributed by atoms with Gasteiger partial charge in [0.05, 0.1) is 6.04 Å². The molecule has 1 aromatic carbocycles. The summed E-state index contributed by atoms with van der Waals surface area (Å²) >= 11 is 0. The second-order valence-corrected chi connectivity index (χ2v) is 4.50. The highest BCUT2D eigenvalue weighted by Gasteiger charge is 2.17. The molecular formula is C15H16N4O. The van der Waals surface area contributed by atoms with E-state index in [4.69, 9.17) is 4.42 Å². The van der Waals surface area contributed by atoms with Crippen LogP contribution >= 0.6 is 0 Å². The van der Waals surface area contributed by atoms with Crippen LogP contribution in [0.4, 0.5) is 0 Å². The molecule has 0 fully saturated rings. The summed E-state index contributed by atoms with van der Waals surface area (Å²) in [5.41, 5.74) is 1.69. The van der Waals surface area contributed by atoms with Crippen molar-refractivity contribution in [2.24, 2.45) is 0 Å². The van der Waals surface area contributed by atoms with Gasteiger partial charge < -0.3 is 9.73 Å². The highest BCUT2D eigenvalue weighted by Crippen LogP contribution is 2.19. The van der Waals surface area contributed by atoms with Gasteiger partial charge in [0.2, 0.25) is 0 Å². The lowest BCUT2D eigenvalue weighted by molar-refractivity contribution is 0.447. The monoisotopic (exact) mass is 268 g/mol. The standard InChI is InChI=1S/C15H16N4O/c1-2-16-12(15-17-8-5-9-18-15)10-14-19-11-6-3-4-7-13(11)20-14/h3-9,12,16H,2,10H2,1H3. The van der Waals surface area contributed by atoms with Gasteiger partial charge in [-0.2, -0.15) is 0 Å². The summed E-state index contributed by atoms with van der Waals surface area (Å²) < 4.78 is 5.76. The molecule has 2 aromatic heterocycles. The van der Waals surface area contributed by atoms with E-state index >= 15 is 0 Å². The van der Waals surface area contributed by atoms with Crippen molar-refractivity contribution in [2.75, 3.05) is 6.54 Å². The van der Waals surface area contributed by atoms with Crippen molar-refractivity contribution < 1.29 is 4.42 Å². The molecule has 0 aliphatic heterocycles. The van der Waals surface area contributed by atoms with Gasteiger partial charge in [0.25, 0.3) is 0 Å². The lowest BCUT2D eigenvalue weighted by Crippen LogP contribution is -2.24. The van der Waals surface area contributed by atoms with E-state index in [1.54, 1.807) is 12.4 Å². The number of nitrogens with zero attached hydrogens (tertiary/aromatic N) is 3. The Balaban J connectivity index is 1.86. The second-order valence-electron chi connectivity index (χ2n) is 4.50. The number of nitrogens with one attached hydrogen (secondary N) is 1. The molecule has 0 amide bonds. The molecule has 1 unspecified atom stereocenters. The highest BCUT2D eigenvalue weighted by molar-refractivity contribution is 5.72. The minimum absolute atomic E-state index is 0.00858. The lowest BCUT2D eigenvalue weighted by atomic mass is 10.2. The van der Waals surface area contributed by atoms with Gasteiger partial charge in [-0.3, -0.25) is 0 Å². The predicted molar refractivity (Wildman–Crippen MR) is 76.2 cm³/mol. The third-order valence-corrected chi connectivity index (χ3v) is 3.06. The molecule has 3 rings (SSSR count). The first-order chi connectivity index (χ1) is 9.86. The smallest absolute Gasteiger partial charge is 0.197 e. The molecule has 0 spiro atoms. The summed E-state index contributed by atoms with van der Waals surface area (Å²) in [6.07, 6.45) is 4.13. The number of fused-ring (bicyclic) bond motifs is 1. The van der Waals surface area contributed by atoms with Gasteiger partial charge in [0.1, 0.15) is 11.3 Å². The molecule has 20 heavy (non-hydrogen) atoms. The van der Waals surface area contributed by atoms with Crippen LogP contribution < -0.4 is 5.32 Å². The third kappa shape index (κ3) is 2.67. The summed E-state index contributed by atoms with van der Waals surface area (Å²) in [6.45, 7) is 2.89. The van der Waals surface area contributed by atoms with E-state index in [1.807, 2.05) is 30.3 Å². The van der Waals surface area contributed by atoms with Crippen molar-refractivity contribution in [1.29, 1.82) is 0 Å². The zero-order valence-corrected chi connectivity index (χ0v) is 11.3. The first-order valence-electron chi connectivity index (χ1n) is 6.71. The fourth-order valence-corrected chi connectivity index (χ4v) is 2.17. The minimum atomic E-state index is 0.00858. The minimum Gasteiger partial charge on any atom is -0.441 e. The third-order valence-electron chi connectivity index (χ3n) is 3.06. The molecule has 0 saturated heterocycles. The fourth-order valence-electron chi connectivity index (χ4n) is 2.17. The topological polar surface area (TPSA) is 63.8 Å². The number of rotatable bonds is 5. The van der Waals surface area contributed by atoms with E-state index in [1.165, 1.54) is 0 Å². The molecule has 5 heteroatoms. The van der Waals surface area contributed by atoms with Gasteiger partial charge in [-0.1, -0.05) is 19.1 Å². The number of benzene rings is 1. The first-order valence-corrected chi connectivity index (χ1v) is 6.71. The Morgan fingerprint density at radius 2 is 1.95 bits per heavy atom. The SMILES string of the molecule is CCNC(Cc1nc2ccccc2o1)c1ncccn1. The van der Waals surface area contributed by atoms with Gasteiger partial charge in [0.15, 0.2) is 11.5 Å². The maximum atomic E-state index is 5.76. The molecule has 2 heterocycles. The summed E-state index contributed by atoms with van der Waals surface area (Å²) in [4.78, 5) is 13.1. The largest absolute Gasteiger partial charge is 0.441 e. The number of hydrogen-bond donors (Lipinski definition) is 1. The summed E-state index contributed by atoms with van der Waals surface area (Å²) in [7, 11) is 0. The van der Waals surface area contributed by atoms with Crippen LogP contribution in [0.5, 0.6) is 0 Å². The van der Waals surface area contributed by atoms with Crippen molar-refractivity contribution in [3.05, 3.63) is 54.4 Å². The van der Waals surface area contributed by atoms with E-state index in [0.717, 1.165) is 23.5 Å². The summed E-state index contributed by atoms with van der Waals surface area (Å²) in [5, 5.41) is 3.37. The zero-order valence-electron chi connectivity index (χ0n) is 11.3. The van der Waals surface area contributed by atoms with E-state index < -0.39 is 0 Å². The maximum absolute atomic E-state index is 5.76. The Kier molecular flexibility index (Phi) is 3.69. The molecule has 1 atom stereocenters. The molecule has 0 radical (unpaired) electrons. The second kappa shape index (κ2) is 5.79. The van der Waals surface area contributed by atoms with Gasteiger partial charge >= 0.3 is 0 Å². The lowest BCUT2D eigenvalue weighted by Gasteiger charge is -2.13. The molecule has 5 nitrogen and oxygen atoms in total. The number of oxazole rings is 1. The van der Waals surface area contributed by atoms with Crippen LogP contribution in [0.25, 0.3) is 11.1 Å². The molecule has 0 bridgehead atoms. The average molecular weight is 268 g/mol. The molecule has 0 saturated carbocycles. The van der Waals surface area contributed by atoms with Crippen LogP contribution in [0, 0.1) is 0 Å². The Labute approximate surface area is 117 Å². The first kappa shape index (κ1) is 12.7. The van der Waals surface area contributed by atoms with Gasteiger partial charge in [-0.05, 0) is 24.7 Å².